The molecule has 2 heterocycles. The molecule has 34 heavy (non-hydrogen) atoms. The van der Waals surface area contributed by atoms with Crippen LogP contribution in [0, 0.1) is 0 Å². The van der Waals surface area contributed by atoms with Crippen LogP contribution in [0.5, 0.6) is 11.5 Å². The molecule has 0 atom stereocenters. The fourth-order valence-electron chi connectivity index (χ4n) is 4.50. The maximum absolute atomic E-state index is 5.50. The summed E-state index contributed by atoms with van der Waals surface area (Å²) in [5.74, 6) is 1.64. The summed E-state index contributed by atoms with van der Waals surface area (Å²) in [4.78, 5) is 9.77. The van der Waals surface area contributed by atoms with Crippen LogP contribution in [0.2, 0.25) is 0 Å². The van der Waals surface area contributed by atoms with E-state index < -0.39 is 0 Å². The van der Waals surface area contributed by atoms with Gasteiger partial charge in [0.05, 0.1) is 14.2 Å². The van der Waals surface area contributed by atoms with Gasteiger partial charge in [-0.1, -0.05) is 60.7 Å². The Balaban J connectivity index is 1.31. The summed E-state index contributed by atoms with van der Waals surface area (Å²) < 4.78 is 11.0. The third-order valence-electron chi connectivity index (χ3n) is 6.34. The Labute approximate surface area is 200 Å². The number of fused-ring (bicyclic) bond motifs is 2. The van der Waals surface area contributed by atoms with E-state index in [2.05, 4.69) is 60.7 Å². The number of hydrogen-bond donors (Lipinski definition) is 0. The second-order valence-electron chi connectivity index (χ2n) is 8.44. The van der Waals surface area contributed by atoms with E-state index in [1.54, 1.807) is 14.2 Å². The zero-order chi connectivity index (χ0) is 23.3. The lowest BCUT2D eigenvalue weighted by Gasteiger charge is -2.11. The minimum atomic E-state index is 0.819. The summed E-state index contributed by atoms with van der Waals surface area (Å²) in [6, 6.07) is 29.3. The number of ether oxygens (including phenoxy) is 2. The third-order valence-corrected chi connectivity index (χ3v) is 6.34. The fourth-order valence-corrected chi connectivity index (χ4v) is 4.50. The Bertz CT molecular complexity index is 1330. The zero-order valence-corrected chi connectivity index (χ0v) is 19.6. The number of aromatic nitrogens is 2. The van der Waals surface area contributed by atoms with Crippen molar-refractivity contribution in [2.45, 2.75) is 25.7 Å². The molecule has 0 unspecified atom stereocenters. The molecule has 0 aliphatic heterocycles. The van der Waals surface area contributed by atoms with E-state index >= 15 is 0 Å². The fraction of sp³-hybridized carbons (Fsp3) is 0.200. The molecule has 0 aliphatic carbocycles. The van der Waals surface area contributed by atoms with Gasteiger partial charge in [-0.25, -0.2) is 9.97 Å². The molecular weight excluding hydrogens is 420 g/mol. The molecule has 2 aromatic heterocycles. The Morgan fingerprint density at radius 3 is 1.41 bits per heavy atom. The average molecular weight is 449 g/mol. The van der Waals surface area contributed by atoms with Gasteiger partial charge in [-0.05, 0) is 61.1 Å². The maximum Gasteiger partial charge on any atom is 0.145 e. The number of pyridine rings is 2. The lowest BCUT2D eigenvalue weighted by molar-refractivity contribution is 0.418. The van der Waals surface area contributed by atoms with Gasteiger partial charge < -0.3 is 9.47 Å². The molecule has 5 aromatic rings. The van der Waals surface area contributed by atoms with Crippen molar-refractivity contribution in [1.82, 2.24) is 9.97 Å². The summed E-state index contributed by atoms with van der Waals surface area (Å²) in [7, 11) is 3.39. The Kier molecular flexibility index (Phi) is 6.39. The quantitative estimate of drug-likeness (QED) is 0.277. The van der Waals surface area contributed by atoms with Crippen LogP contribution in [0.15, 0.2) is 84.9 Å². The predicted octanol–water partition coefficient (Wildman–Crippen LogP) is 6.37. The molecule has 0 fully saturated rings. The third kappa shape index (κ3) is 4.58. The molecule has 0 bridgehead atoms. The molecule has 0 saturated carbocycles. The van der Waals surface area contributed by atoms with E-state index in [-0.39, 0.29) is 0 Å². The highest BCUT2D eigenvalue weighted by Gasteiger charge is 2.09. The van der Waals surface area contributed by atoms with Crippen LogP contribution in [0.1, 0.15) is 22.5 Å². The van der Waals surface area contributed by atoms with Gasteiger partial charge >= 0.3 is 0 Å². The number of benzene rings is 3. The lowest BCUT2D eigenvalue weighted by atomic mass is 9.97. The standard InChI is InChI=1S/C30H28N2O2/c1-33-27-11-5-9-23-15-19-25(31-29(23)27)17-13-21-7-3-4-8-22(21)14-18-26-20-16-24-10-6-12-28(34-2)30(24)32-26/h3-12,15-16,19-20H,13-14,17-18H2,1-2H3. The summed E-state index contributed by atoms with van der Waals surface area (Å²) in [5.41, 5.74) is 6.73. The second kappa shape index (κ2) is 9.92. The average Bonchev–Trinajstić information content (AvgIpc) is 2.90. The summed E-state index contributed by atoms with van der Waals surface area (Å²) in [5, 5.41) is 2.20. The van der Waals surface area contributed by atoms with E-state index in [9.17, 15) is 0 Å². The van der Waals surface area contributed by atoms with Gasteiger partial charge in [0.2, 0.25) is 0 Å². The Hall–Kier alpha value is -3.92. The van der Waals surface area contributed by atoms with Gasteiger partial charge in [-0.15, -0.1) is 0 Å². The van der Waals surface area contributed by atoms with Gasteiger partial charge in [-0.3, -0.25) is 0 Å². The van der Waals surface area contributed by atoms with E-state index in [1.165, 1.54) is 11.1 Å². The van der Waals surface area contributed by atoms with Crippen LogP contribution in [0.25, 0.3) is 21.8 Å². The normalized spacial score (nSPS) is 11.1. The summed E-state index contributed by atoms with van der Waals surface area (Å²) in [6.45, 7) is 0. The Morgan fingerprint density at radius 1 is 0.500 bits per heavy atom. The second-order valence-corrected chi connectivity index (χ2v) is 8.44. The molecule has 0 amide bonds. The number of hydrogen-bond acceptors (Lipinski definition) is 4. The predicted molar refractivity (Wildman–Crippen MR) is 138 cm³/mol. The van der Waals surface area contributed by atoms with Crippen LogP contribution >= 0.6 is 0 Å². The van der Waals surface area contributed by atoms with Gasteiger partial charge in [0.15, 0.2) is 0 Å². The smallest absolute Gasteiger partial charge is 0.145 e. The van der Waals surface area contributed by atoms with Crippen LogP contribution in [-0.2, 0) is 25.7 Å². The van der Waals surface area contributed by atoms with Crippen molar-refractivity contribution < 1.29 is 9.47 Å². The van der Waals surface area contributed by atoms with Crippen LogP contribution in [0.3, 0.4) is 0 Å². The number of aryl methyl sites for hydroxylation is 4. The molecule has 0 N–H and O–H groups in total. The zero-order valence-electron chi connectivity index (χ0n) is 19.6. The summed E-state index contributed by atoms with van der Waals surface area (Å²) >= 11 is 0. The van der Waals surface area contributed by atoms with Crippen molar-refractivity contribution in [1.29, 1.82) is 0 Å². The van der Waals surface area contributed by atoms with Crippen molar-refractivity contribution in [3.63, 3.8) is 0 Å². The highest BCUT2D eigenvalue weighted by molar-refractivity contribution is 5.85. The minimum Gasteiger partial charge on any atom is -0.494 e. The van der Waals surface area contributed by atoms with E-state index in [0.717, 1.165) is 70.4 Å². The molecule has 4 nitrogen and oxygen atoms in total. The number of para-hydroxylation sites is 2. The first-order chi connectivity index (χ1) is 16.7. The molecule has 0 saturated heterocycles. The lowest BCUT2D eigenvalue weighted by Crippen LogP contribution is -2.02. The SMILES string of the molecule is COc1cccc2ccc(CCc3ccccc3CCc3ccc4cccc(OC)c4n3)nc12. The molecule has 5 rings (SSSR count). The number of methoxy groups -OCH3 is 2. The molecule has 0 spiro atoms. The molecule has 0 aliphatic rings. The van der Waals surface area contributed by atoms with Crippen molar-refractivity contribution >= 4 is 21.8 Å². The highest BCUT2D eigenvalue weighted by atomic mass is 16.5. The minimum absolute atomic E-state index is 0.819. The monoisotopic (exact) mass is 448 g/mol. The van der Waals surface area contributed by atoms with Crippen LogP contribution < -0.4 is 9.47 Å². The van der Waals surface area contributed by atoms with Crippen LogP contribution in [-0.4, -0.2) is 24.2 Å². The maximum atomic E-state index is 5.50. The van der Waals surface area contributed by atoms with Crippen molar-refractivity contribution in [2.24, 2.45) is 0 Å². The van der Waals surface area contributed by atoms with E-state index in [4.69, 9.17) is 19.4 Å². The van der Waals surface area contributed by atoms with Crippen molar-refractivity contribution in [3.05, 3.63) is 107 Å². The van der Waals surface area contributed by atoms with Gasteiger partial charge in [0, 0.05) is 22.2 Å². The van der Waals surface area contributed by atoms with E-state index in [0.29, 0.717) is 0 Å². The molecular formula is C30H28N2O2. The first kappa shape index (κ1) is 21.9. The molecule has 4 heteroatoms. The topological polar surface area (TPSA) is 44.2 Å². The van der Waals surface area contributed by atoms with E-state index in [1.807, 2.05) is 24.3 Å². The molecule has 3 aromatic carbocycles. The van der Waals surface area contributed by atoms with Crippen molar-refractivity contribution in [3.8, 4) is 11.5 Å². The molecule has 0 radical (unpaired) electrons. The highest BCUT2D eigenvalue weighted by Crippen LogP contribution is 2.25. The first-order valence-corrected chi connectivity index (χ1v) is 11.7. The van der Waals surface area contributed by atoms with Crippen molar-refractivity contribution in [2.75, 3.05) is 14.2 Å². The van der Waals surface area contributed by atoms with Gasteiger partial charge in [-0.2, -0.15) is 0 Å². The van der Waals surface area contributed by atoms with Gasteiger partial charge in [0.1, 0.15) is 22.5 Å². The first-order valence-electron chi connectivity index (χ1n) is 11.7. The number of nitrogens with zero attached hydrogens (tertiary/aromatic N) is 2. The van der Waals surface area contributed by atoms with Crippen LogP contribution in [0.4, 0.5) is 0 Å². The Morgan fingerprint density at radius 2 is 0.971 bits per heavy atom. The summed E-state index contributed by atoms with van der Waals surface area (Å²) in [6.07, 6.45) is 3.67. The van der Waals surface area contributed by atoms with Gasteiger partial charge in [0.25, 0.3) is 0 Å². The largest absolute Gasteiger partial charge is 0.494 e. The number of rotatable bonds is 8. The molecule has 170 valence electrons.